The fourth-order valence-corrected chi connectivity index (χ4v) is 5.01. The molecule has 1 unspecified atom stereocenters. The minimum atomic E-state index is -0.418. The van der Waals surface area contributed by atoms with Crippen molar-refractivity contribution in [3.05, 3.63) is 88.3 Å². The van der Waals surface area contributed by atoms with Crippen LogP contribution in [0.15, 0.2) is 60.7 Å². The number of anilines is 3. The van der Waals surface area contributed by atoms with Gasteiger partial charge in [-0.3, -0.25) is 4.79 Å². The molecule has 1 amide bonds. The fraction of sp³-hybridized carbons (Fsp3) is 0.323. The average molecular weight is 520 g/mol. The topological polar surface area (TPSA) is 56.9 Å². The van der Waals surface area contributed by atoms with E-state index in [-0.39, 0.29) is 5.91 Å². The molecule has 0 aliphatic carbocycles. The van der Waals surface area contributed by atoms with Gasteiger partial charge in [0, 0.05) is 32.9 Å². The molecule has 1 atom stereocenters. The minimum Gasteiger partial charge on any atom is -0.357 e. The van der Waals surface area contributed by atoms with Gasteiger partial charge in [0.15, 0.2) is 0 Å². The van der Waals surface area contributed by atoms with Crippen molar-refractivity contribution in [3.63, 3.8) is 0 Å². The summed E-state index contributed by atoms with van der Waals surface area (Å²) >= 11 is 5.87. The Bertz CT molecular complexity index is 1360. The Morgan fingerprint density at radius 2 is 1.76 bits per heavy atom. The van der Waals surface area contributed by atoms with Crippen molar-refractivity contribution in [3.8, 4) is 0 Å². The third-order valence-electron chi connectivity index (χ3n) is 6.87. The SMILES string of the molecule is CCCCC(CCC)c1ccc(C(=O)Nc2c(CC)[nH]c3cc(Nc4ccc(Cl)cc4F)ccc23)cc1. The molecule has 1 heterocycles. The van der Waals surface area contributed by atoms with Crippen LogP contribution in [0, 0.1) is 5.82 Å². The highest BCUT2D eigenvalue weighted by Crippen LogP contribution is 2.33. The molecule has 0 radical (unpaired) electrons. The van der Waals surface area contributed by atoms with Gasteiger partial charge in [0.1, 0.15) is 5.82 Å². The molecule has 4 rings (SSSR count). The van der Waals surface area contributed by atoms with E-state index < -0.39 is 5.82 Å². The Labute approximate surface area is 223 Å². The van der Waals surface area contributed by atoms with Gasteiger partial charge in [0.2, 0.25) is 0 Å². The molecular formula is C31H35ClFN3O. The van der Waals surface area contributed by atoms with Gasteiger partial charge >= 0.3 is 0 Å². The molecule has 0 aliphatic rings. The summed E-state index contributed by atoms with van der Waals surface area (Å²) in [6.45, 7) is 6.49. The highest BCUT2D eigenvalue weighted by Gasteiger charge is 2.16. The largest absolute Gasteiger partial charge is 0.357 e. The number of nitrogens with one attached hydrogen (secondary N) is 3. The predicted octanol–water partition coefficient (Wildman–Crippen LogP) is 9.59. The van der Waals surface area contributed by atoms with Crippen LogP contribution in [-0.4, -0.2) is 10.9 Å². The average Bonchev–Trinajstić information content (AvgIpc) is 3.24. The summed E-state index contributed by atoms with van der Waals surface area (Å²) < 4.78 is 14.2. The lowest BCUT2D eigenvalue weighted by molar-refractivity contribution is 0.102. The van der Waals surface area contributed by atoms with Gasteiger partial charge in [-0.25, -0.2) is 4.39 Å². The van der Waals surface area contributed by atoms with Gasteiger partial charge in [0.25, 0.3) is 5.91 Å². The van der Waals surface area contributed by atoms with Crippen molar-refractivity contribution >= 4 is 45.5 Å². The van der Waals surface area contributed by atoms with Gasteiger partial charge in [-0.15, -0.1) is 0 Å². The quantitative estimate of drug-likeness (QED) is 0.185. The number of carbonyl (C=O) groups excluding carboxylic acids is 1. The highest BCUT2D eigenvalue weighted by molar-refractivity contribution is 6.30. The van der Waals surface area contributed by atoms with E-state index in [0.717, 1.165) is 40.8 Å². The first-order valence-corrected chi connectivity index (χ1v) is 13.6. The summed E-state index contributed by atoms with van der Waals surface area (Å²) in [5.74, 6) is -0.00149. The third kappa shape index (κ3) is 6.34. The Morgan fingerprint density at radius 1 is 0.973 bits per heavy atom. The summed E-state index contributed by atoms with van der Waals surface area (Å²) in [6.07, 6.45) is 6.66. The van der Waals surface area contributed by atoms with Crippen LogP contribution in [0.5, 0.6) is 0 Å². The highest BCUT2D eigenvalue weighted by atomic mass is 35.5. The number of rotatable bonds is 11. The maximum atomic E-state index is 14.2. The van der Waals surface area contributed by atoms with Gasteiger partial charge < -0.3 is 15.6 Å². The van der Waals surface area contributed by atoms with E-state index in [2.05, 4.69) is 41.6 Å². The number of aromatic amines is 1. The van der Waals surface area contributed by atoms with Gasteiger partial charge in [-0.1, -0.05) is 63.8 Å². The molecule has 0 bridgehead atoms. The van der Waals surface area contributed by atoms with Crippen molar-refractivity contribution < 1.29 is 9.18 Å². The predicted molar refractivity (Wildman–Crippen MR) is 154 cm³/mol. The Hall–Kier alpha value is -3.31. The molecule has 0 fully saturated rings. The monoisotopic (exact) mass is 519 g/mol. The molecule has 0 saturated carbocycles. The normalized spacial score (nSPS) is 12.0. The van der Waals surface area contributed by atoms with Crippen LogP contribution < -0.4 is 10.6 Å². The molecule has 194 valence electrons. The standard InChI is InChI=1S/C31H35ClFN3O/c1-4-7-9-20(8-5-2)21-10-12-22(13-11-21)31(37)36-30-25-16-15-24(19-29(25)35-27(30)6-3)34-28-17-14-23(32)18-26(28)33/h10-20,34-35H,4-9H2,1-3H3,(H,36,37). The number of carbonyl (C=O) groups is 1. The van der Waals surface area contributed by atoms with Gasteiger partial charge in [0.05, 0.1) is 11.4 Å². The second kappa shape index (κ2) is 12.3. The Kier molecular flexibility index (Phi) is 8.88. The molecule has 0 aliphatic heterocycles. The van der Waals surface area contributed by atoms with Crippen molar-refractivity contribution in [1.82, 2.24) is 4.98 Å². The Morgan fingerprint density at radius 3 is 2.43 bits per heavy atom. The number of aromatic nitrogens is 1. The van der Waals surface area contributed by atoms with E-state index in [1.165, 1.54) is 37.3 Å². The lowest BCUT2D eigenvalue weighted by Gasteiger charge is -2.17. The summed E-state index contributed by atoms with van der Waals surface area (Å²) in [5, 5.41) is 7.49. The molecule has 0 saturated heterocycles. The molecule has 37 heavy (non-hydrogen) atoms. The number of unbranched alkanes of at least 4 members (excludes halogenated alkanes) is 1. The van der Waals surface area contributed by atoms with Crippen molar-refractivity contribution in [2.75, 3.05) is 10.6 Å². The van der Waals surface area contributed by atoms with Crippen LogP contribution in [0.1, 0.15) is 80.4 Å². The van der Waals surface area contributed by atoms with Crippen molar-refractivity contribution in [2.24, 2.45) is 0 Å². The number of hydrogen-bond donors (Lipinski definition) is 3. The number of fused-ring (bicyclic) bond motifs is 1. The molecule has 0 spiro atoms. The Balaban J connectivity index is 1.53. The fourth-order valence-electron chi connectivity index (χ4n) is 4.85. The number of benzene rings is 3. The van der Waals surface area contributed by atoms with Gasteiger partial charge in [-0.05, 0) is 79.3 Å². The summed E-state index contributed by atoms with van der Waals surface area (Å²) in [7, 11) is 0. The van der Waals surface area contributed by atoms with Crippen LogP contribution in [0.2, 0.25) is 5.02 Å². The first-order valence-electron chi connectivity index (χ1n) is 13.2. The van der Waals surface area contributed by atoms with E-state index >= 15 is 0 Å². The molecule has 4 aromatic rings. The van der Waals surface area contributed by atoms with Crippen LogP contribution in [-0.2, 0) is 6.42 Å². The van der Waals surface area contributed by atoms with E-state index in [1.54, 1.807) is 12.1 Å². The molecule has 1 aromatic heterocycles. The first-order chi connectivity index (χ1) is 17.9. The second-order valence-corrected chi connectivity index (χ2v) is 9.98. The van der Waals surface area contributed by atoms with Crippen molar-refractivity contribution in [1.29, 1.82) is 0 Å². The van der Waals surface area contributed by atoms with Crippen LogP contribution >= 0.6 is 11.6 Å². The number of H-pyrrole nitrogens is 1. The van der Waals surface area contributed by atoms with E-state index in [4.69, 9.17) is 11.6 Å². The summed E-state index contributed by atoms with van der Waals surface area (Å²) in [5.41, 5.74) is 5.61. The minimum absolute atomic E-state index is 0.131. The number of halogens is 2. The first kappa shape index (κ1) is 26.7. The lowest BCUT2D eigenvalue weighted by atomic mass is 9.89. The molecule has 4 nitrogen and oxygen atoms in total. The number of hydrogen-bond acceptors (Lipinski definition) is 2. The smallest absolute Gasteiger partial charge is 0.255 e. The zero-order chi connectivity index (χ0) is 26.4. The molecule has 6 heteroatoms. The number of amides is 1. The summed E-state index contributed by atoms with van der Waals surface area (Å²) in [6, 6.07) is 18.3. The zero-order valence-electron chi connectivity index (χ0n) is 21.8. The lowest BCUT2D eigenvalue weighted by Crippen LogP contribution is -2.13. The van der Waals surface area contributed by atoms with Crippen LogP contribution in [0.25, 0.3) is 10.9 Å². The maximum Gasteiger partial charge on any atom is 0.255 e. The third-order valence-corrected chi connectivity index (χ3v) is 7.10. The van der Waals surface area contributed by atoms with Crippen LogP contribution in [0.3, 0.4) is 0 Å². The van der Waals surface area contributed by atoms with E-state index in [1.807, 2.05) is 37.3 Å². The van der Waals surface area contributed by atoms with Crippen LogP contribution in [0.4, 0.5) is 21.5 Å². The molecular weight excluding hydrogens is 485 g/mol. The van der Waals surface area contributed by atoms with E-state index in [0.29, 0.717) is 22.2 Å². The maximum absolute atomic E-state index is 14.2. The van der Waals surface area contributed by atoms with E-state index in [9.17, 15) is 9.18 Å². The van der Waals surface area contributed by atoms with Crippen molar-refractivity contribution in [2.45, 2.75) is 65.2 Å². The summed E-state index contributed by atoms with van der Waals surface area (Å²) in [4.78, 5) is 16.6. The van der Waals surface area contributed by atoms with Gasteiger partial charge in [-0.2, -0.15) is 0 Å². The number of aryl methyl sites for hydroxylation is 1. The zero-order valence-corrected chi connectivity index (χ0v) is 22.5. The molecule has 3 N–H and O–H groups in total. The molecule has 3 aromatic carbocycles. The second-order valence-electron chi connectivity index (χ2n) is 9.55.